The summed E-state index contributed by atoms with van der Waals surface area (Å²) in [6.07, 6.45) is 2.70. The van der Waals surface area contributed by atoms with Crippen LogP contribution in [0.5, 0.6) is 0 Å². The van der Waals surface area contributed by atoms with Crippen LogP contribution in [0, 0.1) is 5.41 Å². The van der Waals surface area contributed by atoms with Crippen molar-refractivity contribution in [3.05, 3.63) is 23.8 Å². The Balaban J connectivity index is 2.16. The first-order valence-electron chi connectivity index (χ1n) is 7.55. The van der Waals surface area contributed by atoms with E-state index in [9.17, 15) is 8.42 Å². The van der Waals surface area contributed by atoms with Crippen LogP contribution in [0.4, 0.5) is 11.4 Å². The molecule has 5 heteroatoms. The molecule has 0 fully saturated rings. The molecule has 1 aliphatic heterocycles. The van der Waals surface area contributed by atoms with E-state index in [1.165, 1.54) is 5.56 Å². The number of aryl methyl sites for hydroxylation is 1. The van der Waals surface area contributed by atoms with Crippen LogP contribution >= 0.6 is 0 Å². The van der Waals surface area contributed by atoms with Gasteiger partial charge in [-0.2, -0.15) is 0 Å². The Bertz CT molecular complexity index is 603. The molecule has 0 saturated carbocycles. The van der Waals surface area contributed by atoms with Gasteiger partial charge in [0.05, 0.1) is 17.1 Å². The molecule has 2 N–H and O–H groups in total. The molecule has 0 bridgehead atoms. The minimum absolute atomic E-state index is 0.0115. The topological polar surface area (TPSA) is 58.2 Å². The van der Waals surface area contributed by atoms with E-state index >= 15 is 0 Å². The van der Waals surface area contributed by atoms with Crippen molar-refractivity contribution < 1.29 is 8.42 Å². The third kappa shape index (κ3) is 4.63. The molecular weight excluding hydrogens is 284 g/mol. The van der Waals surface area contributed by atoms with Gasteiger partial charge in [0.1, 0.15) is 0 Å². The number of hydrogen-bond acceptors (Lipinski definition) is 3. The van der Waals surface area contributed by atoms with Gasteiger partial charge in [-0.3, -0.25) is 4.72 Å². The summed E-state index contributed by atoms with van der Waals surface area (Å²) in [4.78, 5) is 0. The Labute approximate surface area is 128 Å². The lowest BCUT2D eigenvalue weighted by Gasteiger charge is -2.27. The number of fused-ring (bicyclic) bond motifs is 1. The van der Waals surface area contributed by atoms with Crippen LogP contribution in [0.1, 0.15) is 46.1 Å². The highest BCUT2D eigenvalue weighted by molar-refractivity contribution is 7.92. The fourth-order valence-corrected chi connectivity index (χ4v) is 3.90. The van der Waals surface area contributed by atoms with Gasteiger partial charge in [0.15, 0.2) is 0 Å². The van der Waals surface area contributed by atoms with Crippen molar-refractivity contribution in [3.63, 3.8) is 0 Å². The minimum atomic E-state index is -3.31. The number of benzene rings is 1. The Morgan fingerprint density at radius 2 is 2.05 bits per heavy atom. The number of hydrogen-bond donors (Lipinski definition) is 2. The van der Waals surface area contributed by atoms with E-state index in [0.717, 1.165) is 18.5 Å². The highest BCUT2D eigenvalue weighted by Gasteiger charge is 2.21. The van der Waals surface area contributed by atoms with E-state index in [0.29, 0.717) is 18.2 Å². The zero-order valence-corrected chi connectivity index (χ0v) is 14.2. The summed E-state index contributed by atoms with van der Waals surface area (Å²) >= 11 is 0. The van der Waals surface area contributed by atoms with Gasteiger partial charge in [0.25, 0.3) is 0 Å². The summed E-state index contributed by atoms with van der Waals surface area (Å²) in [5, 5.41) is 3.40. The van der Waals surface area contributed by atoms with Crippen molar-refractivity contribution in [2.75, 3.05) is 15.8 Å². The van der Waals surface area contributed by atoms with Gasteiger partial charge < -0.3 is 5.32 Å². The number of rotatable bonds is 4. The second kappa shape index (κ2) is 5.87. The van der Waals surface area contributed by atoms with Gasteiger partial charge in [-0.05, 0) is 43.2 Å². The SMILES string of the molecule is CC1CCc2cccc(NS(=O)(=O)CCC(C)(C)C)c2N1. The molecule has 0 aromatic heterocycles. The van der Waals surface area contributed by atoms with Gasteiger partial charge in [-0.15, -0.1) is 0 Å². The maximum Gasteiger partial charge on any atom is 0.232 e. The molecule has 1 atom stereocenters. The van der Waals surface area contributed by atoms with Crippen molar-refractivity contribution >= 4 is 21.4 Å². The van der Waals surface area contributed by atoms with Crippen molar-refractivity contribution in [1.29, 1.82) is 0 Å². The van der Waals surface area contributed by atoms with Crippen molar-refractivity contribution in [3.8, 4) is 0 Å². The predicted octanol–water partition coefficient (Wildman–Crippen LogP) is 3.61. The summed E-state index contributed by atoms with van der Waals surface area (Å²) < 4.78 is 27.3. The first-order valence-corrected chi connectivity index (χ1v) is 9.20. The van der Waals surface area contributed by atoms with Crippen molar-refractivity contribution in [2.24, 2.45) is 5.41 Å². The van der Waals surface area contributed by atoms with E-state index in [1.807, 2.05) is 12.1 Å². The lowest BCUT2D eigenvalue weighted by Crippen LogP contribution is -2.25. The van der Waals surface area contributed by atoms with E-state index < -0.39 is 10.0 Å². The normalized spacial score (nSPS) is 18.8. The molecule has 1 heterocycles. The van der Waals surface area contributed by atoms with Gasteiger partial charge in [0.2, 0.25) is 10.0 Å². The molecule has 1 unspecified atom stereocenters. The van der Waals surface area contributed by atoms with Gasteiger partial charge in [-0.1, -0.05) is 32.9 Å². The highest BCUT2D eigenvalue weighted by atomic mass is 32.2. The number of nitrogens with one attached hydrogen (secondary N) is 2. The second-order valence-corrected chi connectivity index (χ2v) is 9.00. The third-order valence-electron chi connectivity index (χ3n) is 3.77. The Kier molecular flexibility index (Phi) is 4.51. The van der Waals surface area contributed by atoms with E-state index in [1.54, 1.807) is 0 Å². The van der Waals surface area contributed by atoms with E-state index in [-0.39, 0.29) is 11.2 Å². The molecule has 118 valence electrons. The summed E-state index contributed by atoms with van der Waals surface area (Å²) in [6, 6.07) is 6.18. The summed E-state index contributed by atoms with van der Waals surface area (Å²) in [5.74, 6) is 0.149. The molecule has 4 nitrogen and oxygen atoms in total. The largest absolute Gasteiger partial charge is 0.381 e. The molecule has 1 aromatic rings. The van der Waals surface area contributed by atoms with Crippen molar-refractivity contribution in [1.82, 2.24) is 0 Å². The third-order valence-corrected chi connectivity index (χ3v) is 5.05. The number of para-hydroxylation sites is 1. The lowest BCUT2D eigenvalue weighted by atomic mass is 9.94. The molecule has 21 heavy (non-hydrogen) atoms. The molecule has 0 saturated heterocycles. The predicted molar refractivity (Wildman–Crippen MR) is 89.3 cm³/mol. The van der Waals surface area contributed by atoms with Gasteiger partial charge in [0, 0.05) is 6.04 Å². The molecule has 0 aliphatic carbocycles. The minimum Gasteiger partial charge on any atom is -0.381 e. The van der Waals surface area contributed by atoms with E-state index in [2.05, 4.69) is 43.8 Å². The maximum atomic E-state index is 12.3. The summed E-state index contributed by atoms with van der Waals surface area (Å²) in [5.41, 5.74) is 2.81. The zero-order valence-electron chi connectivity index (χ0n) is 13.4. The second-order valence-electron chi connectivity index (χ2n) is 7.16. The average Bonchev–Trinajstić information content (AvgIpc) is 2.36. The highest BCUT2D eigenvalue weighted by Crippen LogP contribution is 2.33. The zero-order chi connectivity index (χ0) is 15.7. The molecule has 2 rings (SSSR count). The molecule has 0 amide bonds. The molecule has 0 radical (unpaired) electrons. The smallest absolute Gasteiger partial charge is 0.232 e. The first-order chi connectivity index (χ1) is 9.66. The Morgan fingerprint density at radius 1 is 1.33 bits per heavy atom. The standard InChI is InChI=1S/C16H26N2O2S/c1-12-8-9-13-6-5-7-14(15(13)17-12)18-21(19,20)11-10-16(2,3)4/h5-7,12,17-18H,8-11H2,1-4H3. The fraction of sp³-hybridized carbons (Fsp3) is 0.625. The Hall–Kier alpha value is -1.23. The summed E-state index contributed by atoms with van der Waals surface area (Å²) in [7, 11) is -3.31. The van der Waals surface area contributed by atoms with Crippen LogP contribution in [0.25, 0.3) is 0 Å². The van der Waals surface area contributed by atoms with Crippen LogP contribution < -0.4 is 10.0 Å². The van der Waals surface area contributed by atoms with Gasteiger partial charge in [-0.25, -0.2) is 8.42 Å². The van der Waals surface area contributed by atoms with Crippen LogP contribution in [0.3, 0.4) is 0 Å². The molecule has 1 aliphatic rings. The number of anilines is 2. The van der Waals surface area contributed by atoms with Crippen LogP contribution in [0.2, 0.25) is 0 Å². The summed E-state index contributed by atoms with van der Waals surface area (Å²) in [6.45, 7) is 8.27. The first kappa shape index (κ1) is 16.1. The van der Waals surface area contributed by atoms with Crippen LogP contribution in [0.15, 0.2) is 18.2 Å². The fourth-order valence-electron chi connectivity index (χ4n) is 2.41. The quantitative estimate of drug-likeness (QED) is 0.893. The molecule has 1 aromatic carbocycles. The van der Waals surface area contributed by atoms with E-state index in [4.69, 9.17) is 0 Å². The Morgan fingerprint density at radius 3 is 2.71 bits per heavy atom. The van der Waals surface area contributed by atoms with Gasteiger partial charge >= 0.3 is 0 Å². The monoisotopic (exact) mass is 310 g/mol. The van der Waals surface area contributed by atoms with Crippen LogP contribution in [-0.2, 0) is 16.4 Å². The average molecular weight is 310 g/mol. The molecule has 0 spiro atoms. The maximum absolute atomic E-state index is 12.3. The lowest BCUT2D eigenvalue weighted by molar-refractivity contribution is 0.397. The van der Waals surface area contributed by atoms with Crippen molar-refractivity contribution in [2.45, 2.75) is 53.0 Å². The van der Waals surface area contributed by atoms with Crippen LogP contribution in [-0.4, -0.2) is 20.2 Å². The molecular formula is C16H26N2O2S. The number of sulfonamides is 1.